The molecule has 7 heteroatoms. The number of ketones is 1. The molecule has 1 N–H and O–H groups in total. The lowest BCUT2D eigenvalue weighted by Gasteiger charge is -2.44. The van der Waals surface area contributed by atoms with Gasteiger partial charge in [0.05, 0.1) is 12.0 Å². The topological polar surface area (TPSA) is 58.6 Å². The number of carbonyl (C=O) groups excluding carboxylic acids is 2. The van der Waals surface area contributed by atoms with Crippen LogP contribution in [0.4, 0.5) is 10.5 Å². The van der Waals surface area contributed by atoms with E-state index < -0.39 is 5.60 Å². The average molecular weight is 419 g/mol. The summed E-state index contributed by atoms with van der Waals surface area (Å²) in [5.74, 6) is 0.672. The first-order valence-corrected chi connectivity index (χ1v) is 9.95. The van der Waals surface area contributed by atoms with Gasteiger partial charge < -0.3 is 15.0 Å². The van der Waals surface area contributed by atoms with Crippen LogP contribution < -0.4 is 10.1 Å². The van der Waals surface area contributed by atoms with Gasteiger partial charge in [-0.3, -0.25) is 4.79 Å². The Balaban J connectivity index is 1.44. The molecule has 0 aromatic heterocycles. The van der Waals surface area contributed by atoms with E-state index in [1.54, 1.807) is 41.3 Å². The molecular formula is C21H20Cl2N2O3. The van der Waals surface area contributed by atoms with E-state index in [0.29, 0.717) is 59.4 Å². The number of aryl methyl sites for hydroxylation is 1. The number of carbonyl (C=O) groups is 2. The molecule has 0 atom stereocenters. The second kappa shape index (κ2) is 7.30. The zero-order valence-corrected chi connectivity index (χ0v) is 16.9. The third-order valence-electron chi connectivity index (χ3n) is 5.40. The van der Waals surface area contributed by atoms with Crippen molar-refractivity contribution >= 4 is 40.7 Å². The van der Waals surface area contributed by atoms with Crippen molar-refractivity contribution < 1.29 is 14.3 Å². The fraction of sp³-hybridized carbons (Fsp3) is 0.333. The van der Waals surface area contributed by atoms with Crippen molar-refractivity contribution in [3.05, 3.63) is 57.6 Å². The van der Waals surface area contributed by atoms with Crippen LogP contribution >= 0.6 is 23.2 Å². The molecule has 1 fully saturated rings. The summed E-state index contributed by atoms with van der Waals surface area (Å²) in [7, 11) is 0. The maximum absolute atomic E-state index is 12.7. The monoisotopic (exact) mass is 418 g/mol. The summed E-state index contributed by atoms with van der Waals surface area (Å²) in [5, 5.41) is 4.03. The molecule has 1 spiro atoms. The number of nitrogens with one attached hydrogen (secondary N) is 1. The Morgan fingerprint density at radius 1 is 1.11 bits per heavy atom. The van der Waals surface area contributed by atoms with E-state index in [1.165, 1.54) is 0 Å². The van der Waals surface area contributed by atoms with Gasteiger partial charge in [-0.2, -0.15) is 0 Å². The normalized spacial score (nSPS) is 17.8. The fourth-order valence-corrected chi connectivity index (χ4v) is 4.24. The number of hydrogen-bond acceptors (Lipinski definition) is 3. The van der Waals surface area contributed by atoms with Crippen molar-refractivity contribution in [3.63, 3.8) is 0 Å². The first-order chi connectivity index (χ1) is 13.3. The lowest BCUT2D eigenvalue weighted by molar-refractivity contribution is -0.000134. The summed E-state index contributed by atoms with van der Waals surface area (Å²) < 4.78 is 6.32. The van der Waals surface area contributed by atoms with Crippen molar-refractivity contribution in [2.24, 2.45) is 0 Å². The summed E-state index contributed by atoms with van der Waals surface area (Å²) in [5.41, 5.74) is 1.55. The number of piperidine rings is 1. The van der Waals surface area contributed by atoms with Crippen molar-refractivity contribution in [1.29, 1.82) is 0 Å². The van der Waals surface area contributed by atoms with Gasteiger partial charge in [-0.05, 0) is 48.9 Å². The molecule has 0 aliphatic carbocycles. The molecule has 28 heavy (non-hydrogen) atoms. The second-order valence-corrected chi connectivity index (χ2v) is 8.28. The number of likely N-dealkylation sites (tertiary alicyclic amines) is 1. The molecule has 2 aliphatic heterocycles. The Bertz CT molecular complexity index is 935. The standard InChI is InChI=1S/C21H20Cl2N2O3/c1-13-10-15(23)11-17-18(26)12-21(28-19(13)17)6-8-25(9-7-21)20(27)24-16-4-2-14(22)3-5-16/h2-5,10-11H,6-9,12H2,1H3,(H,24,27). The predicted molar refractivity (Wildman–Crippen MR) is 110 cm³/mol. The molecule has 0 saturated carbocycles. The van der Waals surface area contributed by atoms with Crippen LogP contribution in [0.2, 0.25) is 10.0 Å². The molecule has 0 radical (unpaired) electrons. The number of hydrogen-bond donors (Lipinski definition) is 1. The number of ether oxygens (including phenoxy) is 1. The van der Waals surface area contributed by atoms with E-state index in [9.17, 15) is 9.59 Å². The molecule has 2 aromatic rings. The van der Waals surface area contributed by atoms with Gasteiger partial charge >= 0.3 is 6.03 Å². The van der Waals surface area contributed by atoms with Crippen molar-refractivity contribution in [1.82, 2.24) is 4.90 Å². The largest absolute Gasteiger partial charge is 0.486 e. The van der Waals surface area contributed by atoms with Crippen LogP contribution in [0.5, 0.6) is 5.75 Å². The molecule has 2 aliphatic rings. The predicted octanol–water partition coefficient (Wildman–Crippen LogP) is 5.33. The smallest absolute Gasteiger partial charge is 0.321 e. The van der Waals surface area contributed by atoms with E-state index in [-0.39, 0.29) is 11.8 Å². The molecule has 2 aromatic carbocycles. The van der Waals surface area contributed by atoms with Gasteiger partial charge in [0.15, 0.2) is 5.78 Å². The van der Waals surface area contributed by atoms with E-state index in [1.807, 2.05) is 6.92 Å². The number of halogens is 2. The Morgan fingerprint density at radius 3 is 2.46 bits per heavy atom. The number of nitrogens with zero attached hydrogens (tertiary/aromatic N) is 1. The van der Waals surface area contributed by atoms with Gasteiger partial charge in [-0.15, -0.1) is 0 Å². The van der Waals surface area contributed by atoms with E-state index in [2.05, 4.69) is 5.32 Å². The number of benzene rings is 2. The molecule has 4 rings (SSSR count). The van der Waals surface area contributed by atoms with Gasteiger partial charge in [0, 0.05) is 41.7 Å². The van der Waals surface area contributed by atoms with Gasteiger partial charge in [-0.25, -0.2) is 4.79 Å². The zero-order chi connectivity index (χ0) is 19.9. The summed E-state index contributed by atoms with van der Waals surface area (Å²) in [6.45, 7) is 2.94. The van der Waals surface area contributed by atoms with Gasteiger partial charge in [0.2, 0.25) is 0 Å². The quantitative estimate of drug-likeness (QED) is 0.680. The van der Waals surface area contributed by atoms with Crippen LogP contribution in [0.25, 0.3) is 0 Å². The minimum absolute atomic E-state index is 0.0471. The molecule has 2 heterocycles. The minimum Gasteiger partial charge on any atom is -0.486 e. The van der Waals surface area contributed by atoms with E-state index in [0.717, 1.165) is 5.56 Å². The number of amides is 2. The highest BCUT2D eigenvalue weighted by molar-refractivity contribution is 6.31. The number of anilines is 1. The van der Waals surface area contributed by atoms with Gasteiger partial charge in [0.1, 0.15) is 11.4 Å². The van der Waals surface area contributed by atoms with Crippen LogP contribution in [0.15, 0.2) is 36.4 Å². The molecule has 2 amide bonds. The van der Waals surface area contributed by atoms with Crippen LogP contribution in [0, 0.1) is 6.92 Å². The highest BCUT2D eigenvalue weighted by atomic mass is 35.5. The van der Waals surface area contributed by atoms with Gasteiger partial charge in [0.25, 0.3) is 0 Å². The maximum atomic E-state index is 12.7. The Morgan fingerprint density at radius 2 is 1.79 bits per heavy atom. The Kier molecular flexibility index (Phi) is 4.98. The Hall–Kier alpha value is -2.24. The molecule has 1 saturated heterocycles. The van der Waals surface area contributed by atoms with Crippen molar-refractivity contribution in [2.75, 3.05) is 18.4 Å². The third kappa shape index (κ3) is 3.69. The summed E-state index contributed by atoms with van der Waals surface area (Å²) in [4.78, 5) is 27.0. The van der Waals surface area contributed by atoms with Crippen LogP contribution in [0.1, 0.15) is 35.2 Å². The van der Waals surface area contributed by atoms with E-state index >= 15 is 0 Å². The third-order valence-corrected chi connectivity index (χ3v) is 5.87. The molecule has 0 unspecified atom stereocenters. The van der Waals surface area contributed by atoms with Crippen LogP contribution in [0.3, 0.4) is 0 Å². The number of rotatable bonds is 1. The highest BCUT2D eigenvalue weighted by Gasteiger charge is 2.44. The first-order valence-electron chi connectivity index (χ1n) is 9.19. The fourth-order valence-electron chi connectivity index (χ4n) is 3.84. The zero-order valence-electron chi connectivity index (χ0n) is 15.4. The Labute approximate surface area is 173 Å². The molecule has 0 bridgehead atoms. The van der Waals surface area contributed by atoms with Crippen LogP contribution in [-0.4, -0.2) is 35.4 Å². The van der Waals surface area contributed by atoms with Gasteiger partial charge in [-0.1, -0.05) is 23.2 Å². The van der Waals surface area contributed by atoms with Crippen molar-refractivity contribution in [2.45, 2.75) is 31.8 Å². The maximum Gasteiger partial charge on any atom is 0.321 e. The highest BCUT2D eigenvalue weighted by Crippen LogP contribution is 2.42. The summed E-state index contributed by atoms with van der Waals surface area (Å²) in [6, 6.07) is 10.3. The number of fused-ring (bicyclic) bond motifs is 1. The number of Topliss-reactive ketones (excluding diaryl/α,β-unsaturated/α-hetero) is 1. The lowest BCUT2D eigenvalue weighted by Crippen LogP contribution is -2.53. The SMILES string of the molecule is Cc1cc(Cl)cc2c1OC1(CCN(C(=O)Nc3ccc(Cl)cc3)CC1)CC2=O. The summed E-state index contributed by atoms with van der Waals surface area (Å²) >= 11 is 12.0. The first kappa shape index (κ1) is 19.1. The van der Waals surface area contributed by atoms with Crippen LogP contribution in [-0.2, 0) is 0 Å². The molecular weight excluding hydrogens is 399 g/mol. The van der Waals surface area contributed by atoms with E-state index in [4.69, 9.17) is 27.9 Å². The van der Waals surface area contributed by atoms with Crippen molar-refractivity contribution in [3.8, 4) is 5.75 Å². The second-order valence-electron chi connectivity index (χ2n) is 7.41. The minimum atomic E-state index is -0.556. The molecule has 146 valence electrons. The number of urea groups is 1. The lowest BCUT2D eigenvalue weighted by atomic mass is 9.82. The molecule has 5 nitrogen and oxygen atoms in total. The average Bonchev–Trinajstić information content (AvgIpc) is 2.65. The summed E-state index contributed by atoms with van der Waals surface area (Å²) in [6.07, 6.45) is 1.52.